The molecular formula is C20H18ClN5O. The van der Waals surface area contributed by atoms with E-state index in [2.05, 4.69) is 9.97 Å². The molecule has 4 rings (SSSR count). The Balaban J connectivity index is 1.79. The van der Waals surface area contributed by atoms with E-state index in [-0.39, 0.29) is 12.0 Å². The second-order valence-electron chi connectivity index (χ2n) is 6.22. The largest absolute Gasteiger partial charge is 0.392 e. The maximum absolute atomic E-state index is 9.25. The van der Waals surface area contributed by atoms with Gasteiger partial charge in [-0.25, -0.2) is 14.6 Å². The van der Waals surface area contributed by atoms with Crippen LogP contribution >= 0.6 is 11.6 Å². The number of fused-ring (bicyclic) bond motifs is 1. The summed E-state index contributed by atoms with van der Waals surface area (Å²) in [6.45, 7) is 0.443. The van der Waals surface area contributed by atoms with Crippen LogP contribution in [0, 0.1) is 0 Å². The van der Waals surface area contributed by atoms with Gasteiger partial charge in [0.2, 0.25) is 0 Å². The van der Waals surface area contributed by atoms with E-state index in [1.807, 2.05) is 54.6 Å². The summed E-state index contributed by atoms with van der Waals surface area (Å²) in [6, 6.07) is 17.4. The minimum Gasteiger partial charge on any atom is -0.392 e. The molecule has 136 valence electrons. The SMILES string of the molecule is Nc1ncnc2c1c(-c1ccc(CO)cc1)nn2CC(Cl)c1ccccc1. The highest BCUT2D eigenvalue weighted by Gasteiger charge is 2.19. The molecule has 27 heavy (non-hydrogen) atoms. The van der Waals surface area contributed by atoms with Crippen LogP contribution in [0.25, 0.3) is 22.3 Å². The maximum atomic E-state index is 9.25. The number of nitrogens with two attached hydrogens (primary N) is 1. The molecular weight excluding hydrogens is 362 g/mol. The van der Waals surface area contributed by atoms with Crippen LogP contribution in [0.3, 0.4) is 0 Å². The summed E-state index contributed by atoms with van der Waals surface area (Å²) in [6.07, 6.45) is 1.43. The number of hydrogen-bond donors (Lipinski definition) is 2. The maximum Gasteiger partial charge on any atom is 0.164 e. The standard InChI is InChI=1S/C20H18ClN5O/c21-16(14-4-2-1-3-5-14)10-26-20-17(19(22)23-12-24-20)18(25-26)15-8-6-13(11-27)7-9-15/h1-9,12,16,27H,10-11H2,(H2,22,23,24). The van der Waals surface area contributed by atoms with Gasteiger partial charge in [-0.05, 0) is 11.1 Å². The van der Waals surface area contributed by atoms with Gasteiger partial charge in [0.25, 0.3) is 0 Å². The zero-order chi connectivity index (χ0) is 18.8. The highest BCUT2D eigenvalue weighted by atomic mass is 35.5. The summed E-state index contributed by atoms with van der Waals surface area (Å²) in [7, 11) is 0. The molecule has 1 unspecified atom stereocenters. The molecule has 0 radical (unpaired) electrons. The van der Waals surface area contributed by atoms with Crippen molar-refractivity contribution in [2.45, 2.75) is 18.5 Å². The number of aliphatic hydroxyl groups excluding tert-OH is 1. The Hall–Kier alpha value is -2.96. The summed E-state index contributed by atoms with van der Waals surface area (Å²) in [5.41, 5.74) is 10.2. The normalized spacial score (nSPS) is 12.4. The zero-order valence-electron chi connectivity index (χ0n) is 14.5. The zero-order valence-corrected chi connectivity index (χ0v) is 15.2. The van der Waals surface area contributed by atoms with Crippen molar-refractivity contribution in [1.29, 1.82) is 0 Å². The van der Waals surface area contributed by atoms with Crippen molar-refractivity contribution in [3.05, 3.63) is 72.1 Å². The molecule has 1 atom stereocenters. The van der Waals surface area contributed by atoms with Gasteiger partial charge in [0.1, 0.15) is 17.8 Å². The van der Waals surface area contributed by atoms with Gasteiger partial charge < -0.3 is 10.8 Å². The molecule has 4 aromatic rings. The number of nitrogen functional groups attached to an aromatic ring is 1. The smallest absolute Gasteiger partial charge is 0.164 e. The first kappa shape index (κ1) is 17.5. The monoisotopic (exact) mass is 379 g/mol. The Bertz CT molecular complexity index is 1060. The van der Waals surface area contributed by atoms with Crippen molar-refractivity contribution in [2.24, 2.45) is 0 Å². The number of hydrogen-bond acceptors (Lipinski definition) is 5. The van der Waals surface area contributed by atoms with Crippen molar-refractivity contribution >= 4 is 28.5 Å². The highest BCUT2D eigenvalue weighted by molar-refractivity contribution is 6.20. The highest BCUT2D eigenvalue weighted by Crippen LogP contribution is 2.32. The fourth-order valence-corrected chi connectivity index (χ4v) is 3.32. The summed E-state index contributed by atoms with van der Waals surface area (Å²) in [5, 5.41) is 14.4. The first-order valence-electron chi connectivity index (χ1n) is 8.53. The van der Waals surface area contributed by atoms with E-state index < -0.39 is 0 Å². The molecule has 0 spiro atoms. The average molecular weight is 380 g/mol. The number of aromatic nitrogens is 4. The van der Waals surface area contributed by atoms with Crippen LogP contribution < -0.4 is 5.73 Å². The molecule has 0 saturated heterocycles. The van der Waals surface area contributed by atoms with Crippen molar-refractivity contribution in [1.82, 2.24) is 19.7 Å². The van der Waals surface area contributed by atoms with Crippen molar-refractivity contribution in [2.75, 3.05) is 5.73 Å². The summed E-state index contributed by atoms with van der Waals surface area (Å²) in [5.74, 6) is 0.373. The number of anilines is 1. The number of halogens is 1. The van der Waals surface area contributed by atoms with Gasteiger partial charge >= 0.3 is 0 Å². The molecule has 2 heterocycles. The van der Waals surface area contributed by atoms with Crippen molar-refractivity contribution in [3.63, 3.8) is 0 Å². The van der Waals surface area contributed by atoms with Gasteiger partial charge in [-0.3, -0.25) is 0 Å². The van der Waals surface area contributed by atoms with Gasteiger partial charge in [0.05, 0.1) is 23.9 Å². The number of nitrogens with zero attached hydrogens (tertiary/aromatic N) is 4. The van der Waals surface area contributed by atoms with Gasteiger partial charge in [0.15, 0.2) is 5.65 Å². The predicted molar refractivity (Wildman–Crippen MR) is 106 cm³/mol. The quantitative estimate of drug-likeness (QED) is 0.517. The van der Waals surface area contributed by atoms with E-state index in [0.29, 0.717) is 29.1 Å². The molecule has 0 amide bonds. The number of benzene rings is 2. The first-order chi connectivity index (χ1) is 13.2. The summed E-state index contributed by atoms with van der Waals surface area (Å²) < 4.78 is 1.77. The van der Waals surface area contributed by atoms with E-state index in [9.17, 15) is 5.11 Å². The third-order valence-electron chi connectivity index (χ3n) is 4.46. The topological polar surface area (TPSA) is 89.8 Å². The predicted octanol–water partition coefficient (Wildman–Crippen LogP) is 3.55. The third-order valence-corrected chi connectivity index (χ3v) is 4.85. The van der Waals surface area contributed by atoms with E-state index in [1.54, 1.807) is 4.68 Å². The van der Waals surface area contributed by atoms with Crippen LogP contribution in [0.1, 0.15) is 16.5 Å². The van der Waals surface area contributed by atoms with Gasteiger partial charge in [-0.1, -0.05) is 54.6 Å². The van der Waals surface area contributed by atoms with Crippen LogP contribution in [0.15, 0.2) is 60.9 Å². The number of aliphatic hydroxyl groups is 1. The minimum absolute atomic E-state index is 0.00821. The number of alkyl halides is 1. The molecule has 0 fully saturated rings. The van der Waals surface area contributed by atoms with E-state index in [1.165, 1.54) is 6.33 Å². The van der Waals surface area contributed by atoms with Crippen LogP contribution in [0.5, 0.6) is 0 Å². The Morgan fingerprint density at radius 2 is 1.78 bits per heavy atom. The molecule has 0 aliphatic carbocycles. The lowest BCUT2D eigenvalue weighted by atomic mass is 10.1. The Morgan fingerprint density at radius 3 is 2.48 bits per heavy atom. The second kappa shape index (κ2) is 7.34. The average Bonchev–Trinajstić information content (AvgIpc) is 3.08. The lowest BCUT2D eigenvalue weighted by molar-refractivity contribution is 0.282. The molecule has 0 saturated carbocycles. The molecule has 2 aromatic carbocycles. The Kier molecular flexibility index (Phi) is 4.75. The van der Waals surface area contributed by atoms with Crippen LogP contribution in [-0.4, -0.2) is 24.9 Å². The fourth-order valence-electron chi connectivity index (χ4n) is 3.05. The molecule has 0 bridgehead atoms. The second-order valence-corrected chi connectivity index (χ2v) is 6.75. The van der Waals surface area contributed by atoms with Gasteiger partial charge in [0, 0.05) is 5.56 Å². The lowest BCUT2D eigenvalue weighted by Gasteiger charge is -2.10. The van der Waals surface area contributed by atoms with Crippen LogP contribution in [0.2, 0.25) is 0 Å². The van der Waals surface area contributed by atoms with Crippen LogP contribution in [-0.2, 0) is 13.2 Å². The fraction of sp³-hybridized carbons (Fsp3) is 0.150. The van der Waals surface area contributed by atoms with Gasteiger partial charge in [-0.15, -0.1) is 11.6 Å². The molecule has 3 N–H and O–H groups in total. The van der Waals surface area contributed by atoms with Crippen LogP contribution in [0.4, 0.5) is 5.82 Å². The van der Waals surface area contributed by atoms with E-state index in [4.69, 9.17) is 22.4 Å². The minimum atomic E-state index is -0.255. The van der Waals surface area contributed by atoms with E-state index >= 15 is 0 Å². The molecule has 0 aliphatic rings. The Morgan fingerprint density at radius 1 is 1.04 bits per heavy atom. The van der Waals surface area contributed by atoms with Gasteiger partial charge in [-0.2, -0.15) is 5.10 Å². The van der Waals surface area contributed by atoms with E-state index in [0.717, 1.165) is 16.7 Å². The number of rotatable bonds is 5. The first-order valence-corrected chi connectivity index (χ1v) is 8.97. The summed E-state index contributed by atoms with van der Waals surface area (Å²) in [4.78, 5) is 8.50. The van der Waals surface area contributed by atoms with Crippen molar-refractivity contribution < 1.29 is 5.11 Å². The Labute approximate surface area is 161 Å². The third kappa shape index (κ3) is 3.37. The molecule has 7 heteroatoms. The summed E-state index contributed by atoms with van der Waals surface area (Å²) >= 11 is 6.61. The molecule has 2 aromatic heterocycles. The van der Waals surface area contributed by atoms with Crippen molar-refractivity contribution in [3.8, 4) is 11.3 Å². The molecule has 6 nitrogen and oxygen atoms in total. The molecule has 0 aliphatic heterocycles. The lowest BCUT2D eigenvalue weighted by Crippen LogP contribution is -2.07.